The Hall–Kier alpha value is -4.19. The second-order valence-corrected chi connectivity index (χ2v) is 9.55. The molecule has 1 aliphatic rings. The van der Waals surface area contributed by atoms with E-state index in [1.54, 1.807) is 11.1 Å². The minimum Gasteiger partial charge on any atom is -0.341 e. The molecule has 6 heteroatoms. The van der Waals surface area contributed by atoms with E-state index in [4.69, 9.17) is 0 Å². The maximum Gasteiger partial charge on any atom is 0.295 e. The molecule has 188 valence electrons. The number of para-hydroxylation sites is 1. The maximum atomic E-state index is 13.7. The van der Waals surface area contributed by atoms with Crippen molar-refractivity contribution in [2.75, 3.05) is 19.6 Å². The number of nitrogens with zero attached hydrogens (tertiary/aromatic N) is 3. The zero-order valence-electron chi connectivity index (χ0n) is 20.9. The Labute approximate surface area is 217 Å². The summed E-state index contributed by atoms with van der Waals surface area (Å²) in [5.41, 5.74) is 3.20. The number of carbonyl (C=O) groups is 3. The number of benzene rings is 3. The summed E-state index contributed by atoms with van der Waals surface area (Å²) in [6.07, 6.45) is 4.38. The van der Waals surface area contributed by atoms with Crippen LogP contribution in [0.1, 0.15) is 34.3 Å². The number of carbonyl (C=O) groups excluding carboxylic acids is 3. The summed E-state index contributed by atoms with van der Waals surface area (Å²) < 4.78 is 1.81. The van der Waals surface area contributed by atoms with E-state index in [2.05, 4.69) is 0 Å². The molecular formula is C31H31N3O3. The first-order valence-electron chi connectivity index (χ1n) is 12.9. The minimum atomic E-state index is -0.549. The van der Waals surface area contributed by atoms with Crippen LogP contribution in [-0.4, -0.2) is 51.6 Å². The second kappa shape index (κ2) is 11.2. The first-order chi connectivity index (χ1) is 18.1. The Kier molecular flexibility index (Phi) is 7.45. The van der Waals surface area contributed by atoms with Crippen LogP contribution < -0.4 is 0 Å². The lowest BCUT2D eigenvalue weighted by atomic mass is 10.1. The van der Waals surface area contributed by atoms with Crippen molar-refractivity contribution in [3.63, 3.8) is 0 Å². The predicted octanol–water partition coefficient (Wildman–Crippen LogP) is 4.72. The SMILES string of the molecule is O=C(C(=O)N(CCc1ccccc1)Cc1ccccc1)c1cn(CC(=O)N2CCCC2)c2ccccc12. The fourth-order valence-corrected chi connectivity index (χ4v) is 4.99. The molecule has 1 aromatic heterocycles. The average Bonchev–Trinajstić information content (AvgIpc) is 3.61. The van der Waals surface area contributed by atoms with E-state index < -0.39 is 11.7 Å². The van der Waals surface area contributed by atoms with Gasteiger partial charge in [-0.25, -0.2) is 0 Å². The Morgan fingerprint density at radius 2 is 1.38 bits per heavy atom. The maximum absolute atomic E-state index is 13.7. The highest BCUT2D eigenvalue weighted by molar-refractivity contribution is 6.44. The van der Waals surface area contributed by atoms with Gasteiger partial charge in [-0.05, 0) is 36.5 Å². The number of Topliss-reactive ketones (excluding diaryl/α,β-unsaturated/α-hetero) is 1. The van der Waals surface area contributed by atoms with E-state index in [1.807, 2.05) is 94.4 Å². The van der Waals surface area contributed by atoms with E-state index in [0.29, 0.717) is 30.5 Å². The number of ketones is 1. The lowest BCUT2D eigenvalue weighted by Gasteiger charge is -2.22. The number of amides is 2. The standard InChI is InChI=1S/C31H31N3O3/c35-29(32-18-9-10-19-32)23-34-22-27(26-15-7-8-16-28(26)34)30(36)31(37)33(21-25-13-5-2-6-14-25)20-17-24-11-3-1-4-12-24/h1-8,11-16,22H,9-10,17-21,23H2. The summed E-state index contributed by atoms with van der Waals surface area (Å²) >= 11 is 0. The zero-order chi connectivity index (χ0) is 25.6. The van der Waals surface area contributed by atoms with Crippen molar-refractivity contribution in [1.29, 1.82) is 0 Å². The molecule has 0 aliphatic carbocycles. The summed E-state index contributed by atoms with van der Waals surface area (Å²) in [6, 6.07) is 27.2. The predicted molar refractivity (Wildman–Crippen MR) is 144 cm³/mol. The van der Waals surface area contributed by atoms with Gasteiger partial charge in [0.25, 0.3) is 11.7 Å². The van der Waals surface area contributed by atoms with Crippen LogP contribution >= 0.6 is 0 Å². The number of hydrogen-bond acceptors (Lipinski definition) is 3. The normalized spacial score (nSPS) is 13.1. The van der Waals surface area contributed by atoms with Gasteiger partial charge in [-0.1, -0.05) is 78.9 Å². The van der Waals surface area contributed by atoms with Gasteiger partial charge in [0.05, 0.1) is 5.56 Å². The second-order valence-electron chi connectivity index (χ2n) is 9.55. The van der Waals surface area contributed by atoms with Crippen LogP contribution in [0.25, 0.3) is 10.9 Å². The van der Waals surface area contributed by atoms with Crippen LogP contribution in [0.2, 0.25) is 0 Å². The van der Waals surface area contributed by atoms with Crippen molar-refractivity contribution in [1.82, 2.24) is 14.4 Å². The topological polar surface area (TPSA) is 62.6 Å². The molecular weight excluding hydrogens is 462 g/mol. The molecule has 1 saturated heterocycles. The van der Waals surface area contributed by atoms with Crippen molar-refractivity contribution in [2.45, 2.75) is 32.4 Å². The zero-order valence-corrected chi connectivity index (χ0v) is 20.9. The van der Waals surface area contributed by atoms with E-state index in [0.717, 1.165) is 42.6 Å². The van der Waals surface area contributed by atoms with Gasteiger partial charge < -0.3 is 14.4 Å². The highest BCUT2D eigenvalue weighted by atomic mass is 16.2. The van der Waals surface area contributed by atoms with Gasteiger partial charge in [0, 0.05) is 43.3 Å². The van der Waals surface area contributed by atoms with E-state index in [9.17, 15) is 14.4 Å². The monoisotopic (exact) mass is 493 g/mol. The molecule has 37 heavy (non-hydrogen) atoms. The molecule has 1 fully saturated rings. The summed E-state index contributed by atoms with van der Waals surface area (Å²) in [6.45, 7) is 2.49. The van der Waals surface area contributed by atoms with Crippen molar-refractivity contribution < 1.29 is 14.4 Å². The van der Waals surface area contributed by atoms with Crippen molar-refractivity contribution in [3.8, 4) is 0 Å². The smallest absolute Gasteiger partial charge is 0.295 e. The third-order valence-corrected chi connectivity index (χ3v) is 7.01. The lowest BCUT2D eigenvalue weighted by molar-refractivity contribution is -0.130. The Morgan fingerprint density at radius 3 is 2.08 bits per heavy atom. The van der Waals surface area contributed by atoms with E-state index in [1.165, 1.54) is 0 Å². The molecule has 0 N–H and O–H groups in total. The number of aromatic nitrogens is 1. The summed E-state index contributed by atoms with van der Waals surface area (Å²) in [7, 11) is 0. The van der Waals surface area contributed by atoms with E-state index in [-0.39, 0.29) is 12.5 Å². The summed E-state index contributed by atoms with van der Waals surface area (Å²) in [4.78, 5) is 43.6. The molecule has 6 nitrogen and oxygen atoms in total. The van der Waals surface area contributed by atoms with Gasteiger partial charge in [-0.3, -0.25) is 14.4 Å². The Balaban J connectivity index is 1.41. The highest BCUT2D eigenvalue weighted by Gasteiger charge is 2.27. The molecule has 0 saturated carbocycles. The number of rotatable bonds is 9. The third kappa shape index (κ3) is 5.64. The van der Waals surface area contributed by atoms with Crippen LogP contribution in [0.4, 0.5) is 0 Å². The lowest BCUT2D eigenvalue weighted by Crippen LogP contribution is -2.37. The average molecular weight is 494 g/mol. The fraction of sp³-hybridized carbons (Fsp3) is 0.258. The van der Waals surface area contributed by atoms with Gasteiger partial charge in [0.15, 0.2) is 0 Å². The molecule has 2 heterocycles. The largest absolute Gasteiger partial charge is 0.341 e. The van der Waals surface area contributed by atoms with Crippen LogP contribution in [-0.2, 0) is 29.1 Å². The molecule has 0 atom stereocenters. The van der Waals surface area contributed by atoms with Gasteiger partial charge in [-0.2, -0.15) is 0 Å². The van der Waals surface area contributed by atoms with Crippen molar-refractivity contribution in [2.24, 2.45) is 0 Å². The number of hydrogen-bond donors (Lipinski definition) is 0. The third-order valence-electron chi connectivity index (χ3n) is 7.01. The van der Waals surface area contributed by atoms with Crippen molar-refractivity contribution >= 4 is 28.5 Å². The summed E-state index contributed by atoms with van der Waals surface area (Å²) in [5.74, 6) is -1.04. The van der Waals surface area contributed by atoms with Gasteiger partial charge in [0.1, 0.15) is 6.54 Å². The quantitative estimate of drug-likeness (QED) is 0.250. The first kappa shape index (κ1) is 24.5. The molecule has 4 aromatic rings. The van der Waals surface area contributed by atoms with Gasteiger partial charge in [-0.15, -0.1) is 0 Å². The molecule has 0 unspecified atom stereocenters. The number of fused-ring (bicyclic) bond motifs is 1. The van der Waals surface area contributed by atoms with Crippen LogP contribution in [0.3, 0.4) is 0 Å². The molecule has 0 bridgehead atoms. The minimum absolute atomic E-state index is 0.0390. The van der Waals surface area contributed by atoms with E-state index >= 15 is 0 Å². The number of likely N-dealkylation sites (tertiary alicyclic amines) is 1. The molecule has 5 rings (SSSR count). The van der Waals surface area contributed by atoms with Crippen LogP contribution in [0.15, 0.2) is 91.1 Å². The van der Waals surface area contributed by atoms with Gasteiger partial charge >= 0.3 is 0 Å². The molecule has 3 aromatic carbocycles. The van der Waals surface area contributed by atoms with Gasteiger partial charge in [0.2, 0.25) is 5.91 Å². The molecule has 2 amide bonds. The highest BCUT2D eigenvalue weighted by Crippen LogP contribution is 2.24. The fourth-order valence-electron chi connectivity index (χ4n) is 4.99. The summed E-state index contributed by atoms with van der Waals surface area (Å²) in [5, 5.41) is 0.692. The first-order valence-corrected chi connectivity index (χ1v) is 12.9. The van der Waals surface area contributed by atoms with Crippen LogP contribution in [0, 0.1) is 0 Å². The molecule has 1 aliphatic heterocycles. The molecule has 0 radical (unpaired) electrons. The van der Waals surface area contributed by atoms with Crippen molar-refractivity contribution in [3.05, 3.63) is 108 Å². The Bertz CT molecular complexity index is 1390. The van der Waals surface area contributed by atoms with Crippen LogP contribution in [0.5, 0.6) is 0 Å². The Morgan fingerprint density at radius 1 is 0.757 bits per heavy atom. The molecule has 0 spiro atoms.